The van der Waals surface area contributed by atoms with E-state index < -0.39 is 12.5 Å². The molecule has 0 saturated carbocycles. The summed E-state index contributed by atoms with van der Waals surface area (Å²) < 4.78 is 35.4. The molecule has 1 amide bonds. The number of carbonyl (C=O) groups is 1. The van der Waals surface area contributed by atoms with Gasteiger partial charge in [-0.1, -0.05) is 41.3 Å². The van der Waals surface area contributed by atoms with E-state index in [0.29, 0.717) is 15.2 Å². The van der Waals surface area contributed by atoms with Crippen molar-refractivity contribution < 1.29 is 23.0 Å². The number of thioether (sulfide) groups is 1. The van der Waals surface area contributed by atoms with Gasteiger partial charge in [0.1, 0.15) is 0 Å². The molecule has 1 aromatic heterocycles. The lowest BCUT2D eigenvalue weighted by Gasteiger charge is -2.12. The minimum Gasteiger partial charge on any atom is -0.493 e. The minimum absolute atomic E-state index is 0.140. The lowest BCUT2D eigenvalue weighted by Crippen LogP contribution is -2.08. The van der Waals surface area contributed by atoms with Gasteiger partial charge in [0, 0.05) is 17.4 Å². The van der Waals surface area contributed by atoms with Crippen LogP contribution in [0.2, 0.25) is 0 Å². The van der Waals surface area contributed by atoms with Gasteiger partial charge < -0.3 is 9.47 Å². The Labute approximate surface area is 156 Å². The fourth-order valence-corrected chi connectivity index (χ4v) is 3.32. The first-order valence-electron chi connectivity index (χ1n) is 7.21. The maximum absolute atomic E-state index is 12.6. The first-order chi connectivity index (χ1) is 12.5. The van der Waals surface area contributed by atoms with Gasteiger partial charge in [-0.2, -0.15) is 8.78 Å². The number of amides is 1. The molecular formula is C16H15F2N3O3S2. The van der Waals surface area contributed by atoms with Crippen LogP contribution in [0.1, 0.15) is 5.56 Å². The van der Waals surface area contributed by atoms with Gasteiger partial charge in [-0.05, 0) is 12.1 Å². The standard InChI is InChI=1S/C16H15F2N3O3S2/c1-3-9-25-16-21-20-15(26-16)19-12(22)8-7-10-5-4-6-11(23-2)13(10)24-14(17)18/h3-8,14H,1,9H2,2H3,(H,19,20,22)/b8-7+. The van der Waals surface area contributed by atoms with Gasteiger partial charge >= 0.3 is 6.61 Å². The molecule has 1 heterocycles. The number of anilines is 1. The highest BCUT2D eigenvalue weighted by molar-refractivity contribution is 8.01. The zero-order valence-electron chi connectivity index (χ0n) is 13.6. The SMILES string of the molecule is C=CCSc1nnc(NC(=O)/C=C/c2cccc(OC)c2OC(F)F)s1. The highest BCUT2D eigenvalue weighted by Crippen LogP contribution is 2.33. The number of rotatable bonds is 9. The molecule has 2 rings (SSSR count). The van der Waals surface area contributed by atoms with Gasteiger partial charge in [-0.25, -0.2) is 0 Å². The minimum atomic E-state index is -3.01. The van der Waals surface area contributed by atoms with Crippen molar-refractivity contribution in [2.75, 3.05) is 18.2 Å². The summed E-state index contributed by atoms with van der Waals surface area (Å²) in [4.78, 5) is 12.0. The summed E-state index contributed by atoms with van der Waals surface area (Å²) in [6.07, 6.45) is 4.27. The van der Waals surface area contributed by atoms with Gasteiger partial charge in [0.15, 0.2) is 15.8 Å². The van der Waals surface area contributed by atoms with Crippen LogP contribution in [0.25, 0.3) is 6.08 Å². The second kappa shape index (κ2) is 9.88. The number of benzene rings is 1. The number of aromatic nitrogens is 2. The first-order valence-corrected chi connectivity index (χ1v) is 9.01. The maximum Gasteiger partial charge on any atom is 0.387 e. The molecule has 0 unspecified atom stereocenters. The summed E-state index contributed by atoms with van der Waals surface area (Å²) in [6.45, 7) is 0.598. The number of hydrogen-bond donors (Lipinski definition) is 1. The van der Waals surface area contributed by atoms with Crippen LogP contribution in [-0.2, 0) is 4.79 Å². The number of methoxy groups -OCH3 is 1. The average Bonchev–Trinajstić information content (AvgIpc) is 3.05. The molecule has 10 heteroatoms. The lowest BCUT2D eigenvalue weighted by molar-refractivity contribution is -0.111. The van der Waals surface area contributed by atoms with E-state index in [9.17, 15) is 13.6 Å². The normalized spacial score (nSPS) is 10.9. The second-order valence-electron chi connectivity index (χ2n) is 4.55. The first kappa shape index (κ1) is 19.9. The Balaban J connectivity index is 2.07. The van der Waals surface area contributed by atoms with Crippen molar-refractivity contribution in [1.82, 2.24) is 10.2 Å². The topological polar surface area (TPSA) is 73.3 Å². The molecule has 0 saturated heterocycles. The predicted molar refractivity (Wildman–Crippen MR) is 98.1 cm³/mol. The molecule has 138 valence electrons. The highest BCUT2D eigenvalue weighted by atomic mass is 32.2. The quantitative estimate of drug-likeness (QED) is 0.296. The molecule has 0 atom stereocenters. The van der Waals surface area contributed by atoms with E-state index in [4.69, 9.17) is 4.74 Å². The molecule has 1 aromatic carbocycles. The molecule has 26 heavy (non-hydrogen) atoms. The Hall–Kier alpha value is -2.46. The molecule has 0 radical (unpaired) electrons. The number of alkyl halides is 2. The summed E-state index contributed by atoms with van der Waals surface area (Å²) in [6, 6.07) is 4.61. The van der Waals surface area contributed by atoms with E-state index in [1.807, 2.05) is 0 Å². The van der Waals surface area contributed by atoms with E-state index in [-0.39, 0.29) is 17.1 Å². The van der Waals surface area contributed by atoms with Crippen molar-refractivity contribution in [1.29, 1.82) is 0 Å². The van der Waals surface area contributed by atoms with Crippen molar-refractivity contribution >= 4 is 40.2 Å². The number of nitrogens with one attached hydrogen (secondary N) is 1. The number of ether oxygens (including phenoxy) is 2. The fourth-order valence-electron chi connectivity index (χ4n) is 1.80. The number of halogens is 2. The second-order valence-corrected chi connectivity index (χ2v) is 6.80. The van der Waals surface area contributed by atoms with Crippen molar-refractivity contribution in [3.8, 4) is 11.5 Å². The summed E-state index contributed by atoms with van der Waals surface area (Å²) >= 11 is 2.67. The molecule has 0 aliphatic heterocycles. The Morgan fingerprint density at radius 3 is 2.96 bits per heavy atom. The molecule has 0 aliphatic rings. The Morgan fingerprint density at radius 1 is 1.46 bits per heavy atom. The Morgan fingerprint density at radius 2 is 2.27 bits per heavy atom. The van der Waals surface area contributed by atoms with Crippen molar-refractivity contribution in [2.45, 2.75) is 11.0 Å². The number of carbonyl (C=O) groups excluding carboxylic acids is 1. The Bertz CT molecular complexity index is 797. The summed E-state index contributed by atoms with van der Waals surface area (Å²) in [5.41, 5.74) is 0.277. The van der Waals surface area contributed by atoms with Gasteiger partial charge in [0.05, 0.1) is 7.11 Å². The van der Waals surface area contributed by atoms with Gasteiger partial charge in [0.25, 0.3) is 0 Å². The monoisotopic (exact) mass is 399 g/mol. The molecule has 2 aromatic rings. The molecule has 0 bridgehead atoms. The van der Waals surface area contributed by atoms with E-state index in [0.717, 1.165) is 0 Å². The Kier molecular flexibility index (Phi) is 7.54. The largest absolute Gasteiger partial charge is 0.493 e. The van der Waals surface area contributed by atoms with Crippen molar-refractivity contribution in [2.24, 2.45) is 0 Å². The van der Waals surface area contributed by atoms with Crippen molar-refractivity contribution in [3.05, 3.63) is 42.5 Å². The summed E-state index contributed by atoms with van der Waals surface area (Å²) in [5.74, 6) is 0.201. The van der Waals surface area contributed by atoms with E-state index in [1.54, 1.807) is 12.1 Å². The number of para-hydroxylation sites is 1. The maximum atomic E-state index is 12.6. The van der Waals surface area contributed by atoms with E-state index in [2.05, 4.69) is 26.8 Å². The average molecular weight is 399 g/mol. The molecule has 1 N–H and O–H groups in total. The fraction of sp³-hybridized carbons (Fsp3) is 0.188. The van der Waals surface area contributed by atoms with Crippen LogP contribution in [-0.4, -0.2) is 35.6 Å². The highest BCUT2D eigenvalue weighted by Gasteiger charge is 2.14. The van der Waals surface area contributed by atoms with Gasteiger partial charge in [-0.3, -0.25) is 10.1 Å². The van der Waals surface area contributed by atoms with Crippen LogP contribution in [0.3, 0.4) is 0 Å². The van der Waals surface area contributed by atoms with Crippen LogP contribution in [0.4, 0.5) is 13.9 Å². The molecule has 0 fully saturated rings. The van der Waals surface area contributed by atoms with Gasteiger partial charge in [0.2, 0.25) is 11.0 Å². The van der Waals surface area contributed by atoms with E-state index in [1.165, 1.54) is 54.5 Å². The molecule has 6 nitrogen and oxygen atoms in total. The smallest absolute Gasteiger partial charge is 0.387 e. The molecular weight excluding hydrogens is 384 g/mol. The molecule has 0 aliphatic carbocycles. The van der Waals surface area contributed by atoms with Crippen molar-refractivity contribution in [3.63, 3.8) is 0 Å². The number of hydrogen-bond acceptors (Lipinski definition) is 7. The number of nitrogens with zero attached hydrogens (tertiary/aromatic N) is 2. The van der Waals surface area contributed by atoms with Crippen LogP contribution >= 0.6 is 23.1 Å². The third-order valence-electron chi connectivity index (χ3n) is 2.81. The van der Waals surface area contributed by atoms with Crippen LogP contribution in [0.5, 0.6) is 11.5 Å². The predicted octanol–water partition coefficient (Wildman–Crippen LogP) is 4.08. The van der Waals surface area contributed by atoms with Crippen LogP contribution < -0.4 is 14.8 Å². The summed E-state index contributed by atoms with van der Waals surface area (Å²) in [5, 5.41) is 10.7. The summed E-state index contributed by atoms with van der Waals surface area (Å²) in [7, 11) is 1.34. The van der Waals surface area contributed by atoms with Crippen LogP contribution in [0, 0.1) is 0 Å². The van der Waals surface area contributed by atoms with Gasteiger partial charge in [-0.15, -0.1) is 16.8 Å². The zero-order valence-corrected chi connectivity index (χ0v) is 15.3. The van der Waals surface area contributed by atoms with E-state index >= 15 is 0 Å². The zero-order chi connectivity index (χ0) is 18.9. The lowest BCUT2D eigenvalue weighted by atomic mass is 10.1. The third-order valence-corrected chi connectivity index (χ3v) is 4.78. The third kappa shape index (κ3) is 5.81. The van der Waals surface area contributed by atoms with Crippen LogP contribution in [0.15, 0.2) is 41.3 Å². The molecule has 0 spiro atoms.